The molecule has 0 spiro atoms. The summed E-state index contributed by atoms with van der Waals surface area (Å²) in [6.07, 6.45) is 0.337. The van der Waals surface area contributed by atoms with Gasteiger partial charge in [-0.3, -0.25) is 4.79 Å². The molecular weight excluding hydrogens is 272 g/mol. The third-order valence-electron chi connectivity index (χ3n) is 1.96. The Labute approximate surface area is 103 Å². The summed E-state index contributed by atoms with van der Waals surface area (Å²) in [5, 5.41) is 3.08. The van der Waals surface area contributed by atoms with Crippen LogP contribution >= 0.6 is 15.9 Å². The largest absolute Gasteiger partial charge is 0.466 e. The van der Waals surface area contributed by atoms with Gasteiger partial charge in [0.25, 0.3) is 0 Å². The predicted octanol–water partition coefficient (Wildman–Crippen LogP) is 2.40. The van der Waals surface area contributed by atoms with Crippen molar-refractivity contribution in [3.8, 4) is 0 Å². The Bertz CT molecular complexity index is 369. The van der Waals surface area contributed by atoms with Gasteiger partial charge >= 0.3 is 5.97 Å². The number of benzene rings is 1. The van der Waals surface area contributed by atoms with Crippen LogP contribution < -0.4 is 11.1 Å². The van der Waals surface area contributed by atoms with Crippen molar-refractivity contribution in [3.05, 3.63) is 22.7 Å². The van der Waals surface area contributed by atoms with Gasteiger partial charge in [0, 0.05) is 11.0 Å². The van der Waals surface area contributed by atoms with Gasteiger partial charge in [-0.05, 0) is 25.1 Å². The van der Waals surface area contributed by atoms with Gasteiger partial charge in [-0.15, -0.1) is 0 Å². The number of esters is 1. The van der Waals surface area contributed by atoms with Crippen molar-refractivity contribution in [1.29, 1.82) is 0 Å². The van der Waals surface area contributed by atoms with Crippen LogP contribution in [0, 0.1) is 0 Å². The first-order valence-corrected chi connectivity index (χ1v) is 5.87. The molecule has 0 aromatic heterocycles. The molecule has 3 N–H and O–H groups in total. The maximum atomic E-state index is 11.1. The van der Waals surface area contributed by atoms with E-state index in [2.05, 4.69) is 21.2 Å². The maximum absolute atomic E-state index is 11.1. The molecule has 1 aromatic carbocycles. The molecule has 0 atom stereocenters. The number of rotatable bonds is 5. The molecular formula is C11H15BrN2O2. The molecule has 0 aliphatic heterocycles. The fourth-order valence-electron chi connectivity index (χ4n) is 1.23. The minimum Gasteiger partial charge on any atom is -0.466 e. The summed E-state index contributed by atoms with van der Waals surface area (Å²) in [4.78, 5) is 11.1. The van der Waals surface area contributed by atoms with E-state index < -0.39 is 0 Å². The summed E-state index contributed by atoms with van der Waals surface area (Å²) in [5.74, 6) is -0.203. The average Bonchev–Trinajstić information content (AvgIpc) is 2.22. The van der Waals surface area contributed by atoms with E-state index in [1.807, 2.05) is 18.2 Å². The lowest BCUT2D eigenvalue weighted by atomic mass is 10.2. The van der Waals surface area contributed by atoms with Crippen LogP contribution in [-0.2, 0) is 9.53 Å². The van der Waals surface area contributed by atoms with E-state index in [9.17, 15) is 4.79 Å². The molecule has 16 heavy (non-hydrogen) atoms. The average molecular weight is 287 g/mol. The van der Waals surface area contributed by atoms with E-state index in [1.54, 1.807) is 6.92 Å². The number of carbonyl (C=O) groups is 1. The Morgan fingerprint density at radius 3 is 2.94 bits per heavy atom. The van der Waals surface area contributed by atoms with E-state index in [0.29, 0.717) is 25.3 Å². The number of nitrogens with one attached hydrogen (secondary N) is 1. The van der Waals surface area contributed by atoms with E-state index in [0.717, 1.165) is 10.2 Å². The Morgan fingerprint density at radius 1 is 1.56 bits per heavy atom. The summed E-state index contributed by atoms with van der Waals surface area (Å²) >= 11 is 3.33. The first kappa shape index (κ1) is 12.8. The highest BCUT2D eigenvalue weighted by molar-refractivity contribution is 9.10. The Morgan fingerprint density at radius 2 is 2.31 bits per heavy atom. The minimum absolute atomic E-state index is 0.203. The molecule has 0 aliphatic rings. The Balaban J connectivity index is 2.40. The second-order valence-electron chi connectivity index (χ2n) is 3.21. The van der Waals surface area contributed by atoms with Crippen LogP contribution in [0.5, 0.6) is 0 Å². The van der Waals surface area contributed by atoms with Gasteiger partial charge in [-0.25, -0.2) is 0 Å². The molecule has 4 nitrogen and oxygen atoms in total. The minimum atomic E-state index is -0.203. The number of nitrogens with two attached hydrogens (primary N) is 1. The van der Waals surface area contributed by atoms with E-state index in [1.165, 1.54) is 0 Å². The number of halogens is 1. The highest BCUT2D eigenvalue weighted by Crippen LogP contribution is 2.22. The number of carbonyl (C=O) groups excluding carboxylic acids is 1. The van der Waals surface area contributed by atoms with E-state index >= 15 is 0 Å². The van der Waals surface area contributed by atoms with Crippen molar-refractivity contribution >= 4 is 33.3 Å². The smallest absolute Gasteiger partial charge is 0.307 e. The first-order chi connectivity index (χ1) is 7.63. The van der Waals surface area contributed by atoms with E-state index in [-0.39, 0.29) is 5.97 Å². The zero-order chi connectivity index (χ0) is 12.0. The summed E-state index contributed by atoms with van der Waals surface area (Å²) in [6, 6.07) is 5.57. The molecule has 0 aliphatic carbocycles. The second-order valence-corrected chi connectivity index (χ2v) is 4.13. The van der Waals surface area contributed by atoms with Crippen LogP contribution in [0.25, 0.3) is 0 Å². The zero-order valence-electron chi connectivity index (χ0n) is 9.13. The van der Waals surface area contributed by atoms with Crippen LogP contribution in [0.1, 0.15) is 13.3 Å². The Kier molecular flexibility index (Phi) is 5.11. The molecule has 0 fully saturated rings. The lowest BCUT2D eigenvalue weighted by Gasteiger charge is -2.09. The van der Waals surface area contributed by atoms with Gasteiger partial charge in [0.1, 0.15) is 0 Å². The van der Waals surface area contributed by atoms with Crippen molar-refractivity contribution < 1.29 is 9.53 Å². The molecule has 88 valence electrons. The first-order valence-electron chi connectivity index (χ1n) is 5.08. The van der Waals surface area contributed by atoms with Crippen molar-refractivity contribution in [2.45, 2.75) is 13.3 Å². The fourth-order valence-corrected chi connectivity index (χ4v) is 1.61. The van der Waals surface area contributed by atoms with Crippen LogP contribution in [0.4, 0.5) is 11.4 Å². The lowest BCUT2D eigenvalue weighted by molar-refractivity contribution is -0.142. The van der Waals surface area contributed by atoms with Gasteiger partial charge < -0.3 is 15.8 Å². The summed E-state index contributed by atoms with van der Waals surface area (Å²) in [5.41, 5.74) is 7.27. The van der Waals surface area contributed by atoms with Gasteiger partial charge in [0.05, 0.1) is 24.4 Å². The number of ether oxygens (including phenoxy) is 1. The van der Waals surface area contributed by atoms with Gasteiger partial charge in [0.2, 0.25) is 0 Å². The van der Waals surface area contributed by atoms with Crippen molar-refractivity contribution in [2.24, 2.45) is 0 Å². The van der Waals surface area contributed by atoms with Gasteiger partial charge in [-0.2, -0.15) is 0 Å². The molecule has 5 heteroatoms. The molecule has 0 amide bonds. The highest BCUT2D eigenvalue weighted by atomic mass is 79.9. The highest BCUT2D eigenvalue weighted by Gasteiger charge is 2.02. The van der Waals surface area contributed by atoms with Gasteiger partial charge in [0.15, 0.2) is 0 Å². The van der Waals surface area contributed by atoms with Crippen molar-refractivity contribution in [3.63, 3.8) is 0 Å². The second kappa shape index (κ2) is 6.37. The lowest BCUT2D eigenvalue weighted by Crippen LogP contribution is -2.12. The molecule has 1 aromatic rings. The molecule has 0 bridgehead atoms. The van der Waals surface area contributed by atoms with Crippen molar-refractivity contribution in [2.75, 3.05) is 24.2 Å². The monoisotopic (exact) mass is 286 g/mol. The number of hydrogen-bond donors (Lipinski definition) is 2. The Hall–Kier alpha value is -1.23. The van der Waals surface area contributed by atoms with Crippen LogP contribution in [0.3, 0.4) is 0 Å². The normalized spacial score (nSPS) is 9.88. The zero-order valence-corrected chi connectivity index (χ0v) is 10.7. The molecule has 1 rings (SSSR count). The predicted molar refractivity (Wildman–Crippen MR) is 68.3 cm³/mol. The van der Waals surface area contributed by atoms with Crippen LogP contribution in [-0.4, -0.2) is 19.1 Å². The third-order valence-corrected chi connectivity index (χ3v) is 2.46. The number of hydrogen-bond acceptors (Lipinski definition) is 4. The summed E-state index contributed by atoms with van der Waals surface area (Å²) in [7, 11) is 0. The van der Waals surface area contributed by atoms with Crippen molar-refractivity contribution in [1.82, 2.24) is 0 Å². The molecule has 0 heterocycles. The molecule has 0 saturated heterocycles. The standard InChI is InChI=1S/C11H15BrN2O2/c1-2-16-11(15)5-6-14-10-4-3-8(12)7-9(10)13/h3-4,7,14H,2,5-6,13H2,1H3. The third kappa shape index (κ3) is 4.10. The number of anilines is 2. The quantitative estimate of drug-likeness (QED) is 0.644. The van der Waals surface area contributed by atoms with E-state index in [4.69, 9.17) is 10.5 Å². The van der Waals surface area contributed by atoms with Crippen LogP contribution in [0.15, 0.2) is 22.7 Å². The summed E-state index contributed by atoms with van der Waals surface area (Å²) < 4.78 is 5.74. The fraction of sp³-hybridized carbons (Fsp3) is 0.364. The maximum Gasteiger partial charge on any atom is 0.307 e. The number of nitrogen functional groups attached to an aromatic ring is 1. The van der Waals surface area contributed by atoms with Gasteiger partial charge in [-0.1, -0.05) is 15.9 Å². The topological polar surface area (TPSA) is 64.3 Å². The molecule has 0 unspecified atom stereocenters. The van der Waals surface area contributed by atoms with Crippen LogP contribution in [0.2, 0.25) is 0 Å². The molecule has 0 radical (unpaired) electrons. The SMILES string of the molecule is CCOC(=O)CCNc1ccc(Br)cc1N. The summed E-state index contributed by atoms with van der Waals surface area (Å²) in [6.45, 7) is 2.72. The molecule has 0 saturated carbocycles.